The van der Waals surface area contributed by atoms with Crippen molar-refractivity contribution in [2.75, 3.05) is 11.3 Å². The summed E-state index contributed by atoms with van der Waals surface area (Å²) in [5.41, 5.74) is 5.41. The van der Waals surface area contributed by atoms with Gasteiger partial charge in [-0.15, -0.1) is 4.40 Å². The van der Waals surface area contributed by atoms with E-state index in [1.54, 1.807) is 32.0 Å². The Balaban J connectivity index is 1.76. The molecule has 0 saturated heterocycles. The summed E-state index contributed by atoms with van der Waals surface area (Å²) in [6, 6.07) is 10.4. The normalized spacial score (nSPS) is 15.0. The number of halogens is 1. The number of carbonyl (C=O) groups is 1. The highest BCUT2D eigenvalue weighted by atomic mass is 32.2. The number of nitrogens with zero attached hydrogens (tertiary/aromatic N) is 1. The number of hydrogen-bond donors (Lipinski definition) is 3. The predicted molar refractivity (Wildman–Crippen MR) is 103 cm³/mol. The fraction of sp³-hybridized carbons (Fsp3) is 0.222. The Morgan fingerprint density at radius 2 is 1.96 bits per heavy atom. The number of carbonyl (C=O) groups excluding carboxylic acids is 1. The molecule has 0 fully saturated rings. The first-order valence-electron chi connectivity index (χ1n) is 8.29. The molecule has 1 aliphatic heterocycles. The van der Waals surface area contributed by atoms with Gasteiger partial charge < -0.3 is 15.8 Å². The zero-order valence-corrected chi connectivity index (χ0v) is 16.0. The lowest BCUT2D eigenvalue weighted by molar-refractivity contribution is 0.0876. The van der Waals surface area contributed by atoms with Gasteiger partial charge in [-0.1, -0.05) is 18.2 Å². The van der Waals surface area contributed by atoms with Crippen molar-refractivity contribution in [2.24, 2.45) is 10.1 Å². The van der Waals surface area contributed by atoms with Crippen LogP contribution in [0.4, 0.5) is 10.1 Å². The van der Waals surface area contributed by atoms with Crippen LogP contribution in [-0.2, 0) is 10.2 Å². The summed E-state index contributed by atoms with van der Waals surface area (Å²) in [6.07, 6.45) is 0. The van der Waals surface area contributed by atoms with E-state index in [4.69, 9.17) is 10.5 Å². The smallest absolute Gasteiger partial charge is 0.344 e. The summed E-state index contributed by atoms with van der Waals surface area (Å²) in [5, 5.41) is 2.71. The van der Waals surface area contributed by atoms with Crippen molar-refractivity contribution in [3.8, 4) is 5.75 Å². The Hall–Kier alpha value is -3.14. The third-order valence-electron chi connectivity index (χ3n) is 3.90. The van der Waals surface area contributed by atoms with Gasteiger partial charge in [-0.25, -0.2) is 4.39 Å². The molecule has 148 valence electrons. The van der Waals surface area contributed by atoms with Crippen molar-refractivity contribution >= 4 is 27.6 Å². The molecule has 0 radical (unpaired) electrons. The summed E-state index contributed by atoms with van der Waals surface area (Å²) in [4.78, 5) is 12.3. The average molecular weight is 406 g/mol. The largest absolute Gasteiger partial charge is 0.490 e. The highest BCUT2D eigenvalue weighted by molar-refractivity contribution is 7.91. The summed E-state index contributed by atoms with van der Waals surface area (Å²) >= 11 is 0. The second-order valence-corrected chi connectivity index (χ2v) is 8.18. The number of amidine groups is 1. The third-order valence-corrected chi connectivity index (χ3v) is 4.81. The third kappa shape index (κ3) is 4.22. The lowest BCUT2D eigenvalue weighted by Crippen LogP contribution is -2.48. The number of nitrogens with two attached hydrogens (primary N) is 1. The van der Waals surface area contributed by atoms with E-state index in [1.165, 1.54) is 24.3 Å². The summed E-state index contributed by atoms with van der Waals surface area (Å²) in [7, 11) is -3.89. The second kappa shape index (κ2) is 7.12. The van der Waals surface area contributed by atoms with Gasteiger partial charge >= 0.3 is 10.2 Å². The number of hydrogen-bond acceptors (Lipinski definition) is 5. The lowest BCUT2D eigenvalue weighted by Gasteiger charge is -2.27. The first kappa shape index (κ1) is 19.6. The average Bonchev–Trinajstić information content (AvgIpc) is 2.58. The molecule has 3 rings (SSSR count). The number of ether oxygens (including phenoxy) is 1. The fourth-order valence-corrected chi connectivity index (χ4v) is 3.50. The van der Waals surface area contributed by atoms with Gasteiger partial charge in [0, 0.05) is 0 Å². The number of anilines is 1. The molecule has 4 N–H and O–H groups in total. The molecule has 28 heavy (non-hydrogen) atoms. The van der Waals surface area contributed by atoms with Crippen molar-refractivity contribution in [3.63, 3.8) is 0 Å². The molecular formula is C18H19FN4O4S. The second-order valence-electron chi connectivity index (χ2n) is 6.84. The summed E-state index contributed by atoms with van der Waals surface area (Å²) in [5.74, 6) is -1.09. The van der Waals surface area contributed by atoms with E-state index in [9.17, 15) is 17.6 Å². The first-order chi connectivity index (χ1) is 13.1. The number of amides is 1. The molecule has 0 spiro atoms. The minimum atomic E-state index is -3.89. The maximum atomic E-state index is 13.8. The molecule has 2 aromatic carbocycles. The highest BCUT2D eigenvalue weighted by Gasteiger charge is 2.27. The monoisotopic (exact) mass is 406 g/mol. The van der Waals surface area contributed by atoms with Gasteiger partial charge in [0.05, 0.1) is 22.4 Å². The molecule has 0 bridgehead atoms. The van der Waals surface area contributed by atoms with Gasteiger partial charge in [0.25, 0.3) is 5.91 Å². The van der Waals surface area contributed by atoms with Crippen LogP contribution in [0.25, 0.3) is 0 Å². The van der Waals surface area contributed by atoms with Crippen molar-refractivity contribution < 1.29 is 22.3 Å². The van der Waals surface area contributed by atoms with Crippen molar-refractivity contribution in [1.29, 1.82) is 0 Å². The number of nitrogens with one attached hydrogen (secondary N) is 2. The predicted octanol–water partition coefficient (Wildman–Crippen LogP) is 1.79. The van der Waals surface area contributed by atoms with Gasteiger partial charge in [0.1, 0.15) is 18.2 Å². The Bertz CT molecular complexity index is 1070. The number of fused-ring (bicyclic) bond motifs is 1. The minimum Gasteiger partial charge on any atom is -0.490 e. The maximum Gasteiger partial charge on any atom is 0.344 e. The standard InChI is InChI=1S/C18H19FN4O4S/c1-18(2,21-17(24)11-6-3-4-7-12(11)19)10-27-14-9-5-8-13-15(14)16(20)23-28(25,26)22-13/h3-9,22H,10H2,1-2H3,(H2,20,23)(H,21,24). The van der Waals surface area contributed by atoms with Crippen LogP contribution in [0.5, 0.6) is 5.75 Å². The van der Waals surface area contributed by atoms with E-state index < -0.39 is 27.5 Å². The quantitative estimate of drug-likeness (QED) is 0.699. The van der Waals surface area contributed by atoms with Crippen LogP contribution >= 0.6 is 0 Å². The Morgan fingerprint density at radius 3 is 2.68 bits per heavy atom. The van der Waals surface area contributed by atoms with Crippen molar-refractivity contribution in [2.45, 2.75) is 19.4 Å². The van der Waals surface area contributed by atoms with Gasteiger partial charge in [0.15, 0.2) is 5.84 Å². The van der Waals surface area contributed by atoms with Crippen LogP contribution in [-0.4, -0.2) is 32.3 Å². The van der Waals surface area contributed by atoms with E-state index in [2.05, 4.69) is 14.4 Å². The van der Waals surface area contributed by atoms with E-state index in [1.807, 2.05) is 0 Å². The van der Waals surface area contributed by atoms with Crippen LogP contribution < -0.4 is 20.5 Å². The lowest BCUT2D eigenvalue weighted by atomic mass is 10.1. The molecule has 1 amide bonds. The summed E-state index contributed by atoms with van der Waals surface area (Å²) in [6.45, 7) is 3.44. The van der Waals surface area contributed by atoms with E-state index in [0.29, 0.717) is 11.3 Å². The van der Waals surface area contributed by atoms with Gasteiger partial charge in [0.2, 0.25) is 0 Å². The van der Waals surface area contributed by atoms with E-state index in [0.717, 1.165) is 0 Å². The zero-order valence-electron chi connectivity index (χ0n) is 15.2. The Kier molecular flexibility index (Phi) is 4.99. The molecule has 1 aliphatic rings. The van der Waals surface area contributed by atoms with Gasteiger partial charge in [-0.3, -0.25) is 9.52 Å². The van der Waals surface area contributed by atoms with Crippen LogP contribution in [0.2, 0.25) is 0 Å². The van der Waals surface area contributed by atoms with Gasteiger partial charge in [-0.05, 0) is 38.1 Å². The molecular weight excluding hydrogens is 387 g/mol. The molecule has 0 aliphatic carbocycles. The molecule has 2 aromatic rings. The van der Waals surface area contributed by atoms with E-state index in [-0.39, 0.29) is 23.7 Å². The van der Waals surface area contributed by atoms with Crippen LogP contribution in [0, 0.1) is 5.82 Å². The molecule has 8 nitrogen and oxygen atoms in total. The van der Waals surface area contributed by atoms with Crippen LogP contribution in [0.1, 0.15) is 29.8 Å². The number of benzene rings is 2. The minimum absolute atomic E-state index is 0.0175. The molecule has 0 atom stereocenters. The SMILES string of the molecule is CC(C)(COc1cccc2c1C(N)=NS(=O)(=O)N2)NC(=O)c1ccccc1F. The van der Waals surface area contributed by atoms with E-state index >= 15 is 0 Å². The molecule has 0 aromatic heterocycles. The van der Waals surface area contributed by atoms with Gasteiger partial charge in [-0.2, -0.15) is 8.42 Å². The highest BCUT2D eigenvalue weighted by Crippen LogP contribution is 2.30. The maximum absolute atomic E-state index is 13.8. The molecule has 0 saturated carbocycles. The van der Waals surface area contributed by atoms with Crippen LogP contribution in [0.15, 0.2) is 46.9 Å². The Morgan fingerprint density at radius 1 is 1.25 bits per heavy atom. The first-order valence-corrected chi connectivity index (χ1v) is 9.73. The Labute approximate surface area is 161 Å². The topological polar surface area (TPSA) is 123 Å². The summed E-state index contributed by atoms with van der Waals surface area (Å²) < 4.78 is 48.5. The molecule has 0 unspecified atom stereocenters. The van der Waals surface area contributed by atoms with Crippen molar-refractivity contribution in [1.82, 2.24) is 5.32 Å². The molecule has 10 heteroatoms. The number of rotatable bonds is 5. The molecule has 1 heterocycles. The zero-order chi connectivity index (χ0) is 20.5. The van der Waals surface area contributed by atoms with Crippen molar-refractivity contribution in [3.05, 3.63) is 59.4 Å². The fourth-order valence-electron chi connectivity index (χ4n) is 2.65. The van der Waals surface area contributed by atoms with Crippen LogP contribution in [0.3, 0.4) is 0 Å².